The van der Waals surface area contributed by atoms with Gasteiger partial charge in [0.25, 0.3) is 10.0 Å². The zero-order valence-electron chi connectivity index (χ0n) is 17.5. The average molecular weight is 420 g/mol. The first-order chi connectivity index (χ1) is 14.3. The van der Waals surface area contributed by atoms with Crippen LogP contribution in [0.1, 0.15) is 35.8 Å². The highest BCUT2D eigenvalue weighted by Gasteiger charge is 2.25. The van der Waals surface area contributed by atoms with Crippen LogP contribution < -0.4 is 4.72 Å². The van der Waals surface area contributed by atoms with Crippen LogP contribution in [0, 0.1) is 19.8 Å². The number of rotatable bonds is 3. The van der Waals surface area contributed by atoms with Gasteiger partial charge < -0.3 is 4.42 Å². The molecule has 1 aliphatic rings. The third kappa shape index (κ3) is 3.08. The molecule has 0 bridgehead atoms. The van der Waals surface area contributed by atoms with Gasteiger partial charge in [0.1, 0.15) is 11.3 Å². The third-order valence-electron chi connectivity index (χ3n) is 6.16. The first-order valence-electron chi connectivity index (χ1n) is 10.4. The SMILES string of the molecule is Cc1ccc(S(=O)(=O)Nc2cc3c4c(oc3c3ccccc23)CC[C@@H](C)C4)c(C)c1. The van der Waals surface area contributed by atoms with Crippen molar-refractivity contribution in [1.29, 1.82) is 0 Å². The second-order valence-corrected chi connectivity index (χ2v) is 10.2. The average Bonchev–Trinajstić information content (AvgIpc) is 3.05. The minimum atomic E-state index is -3.72. The summed E-state index contributed by atoms with van der Waals surface area (Å²) in [7, 11) is -3.72. The second-order valence-electron chi connectivity index (χ2n) is 8.57. The van der Waals surface area contributed by atoms with Crippen LogP contribution in [0.3, 0.4) is 0 Å². The first kappa shape index (κ1) is 19.2. The number of hydrogen-bond acceptors (Lipinski definition) is 3. The van der Waals surface area contributed by atoms with E-state index in [1.807, 2.05) is 56.3 Å². The Hall–Kier alpha value is -2.79. The number of aryl methyl sites for hydroxylation is 3. The summed E-state index contributed by atoms with van der Waals surface area (Å²) >= 11 is 0. The van der Waals surface area contributed by atoms with Gasteiger partial charge in [0.15, 0.2) is 0 Å². The Kier molecular flexibility index (Phi) is 4.40. The summed E-state index contributed by atoms with van der Waals surface area (Å²) in [4.78, 5) is 0.306. The fraction of sp³-hybridized carbons (Fsp3) is 0.280. The molecule has 0 unspecified atom stereocenters. The highest BCUT2D eigenvalue weighted by atomic mass is 32.2. The van der Waals surface area contributed by atoms with Crippen LogP contribution in [-0.2, 0) is 22.9 Å². The summed E-state index contributed by atoms with van der Waals surface area (Å²) in [6, 6.07) is 15.2. The van der Waals surface area contributed by atoms with Crippen molar-refractivity contribution in [3.63, 3.8) is 0 Å². The van der Waals surface area contributed by atoms with E-state index in [0.29, 0.717) is 16.5 Å². The van der Waals surface area contributed by atoms with Gasteiger partial charge in [0.05, 0.1) is 10.6 Å². The molecular weight excluding hydrogens is 394 g/mol. The van der Waals surface area contributed by atoms with Crippen molar-refractivity contribution in [2.75, 3.05) is 4.72 Å². The quantitative estimate of drug-likeness (QED) is 0.435. The van der Waals surface area contributed by atoms with Crippen LogP contribution in [0.25, 0.3) is 21.7 Å². The molecule has 0 radical (unpaired) electrons. The molecule has 4 aromatic rings. The van der Waals surface area contributed by atoms with Gasteiger partial charge in [-0.05, 0) is 50.3 Å². The van der Waals surface area contributed by atoms with Crippen LogP contribution in [0.5, 0.6) is 0 Å². The highest BCUT2D eigenvalue weighted by molar-refractivity contribution is 7.92. The van der Waals surface area contributed by atoms with Crippen LogP contribution in [0.2, 0.25) is 0 Å². The van der Waals surface area contributed by atoms with Crippen molar-refractivity contribution in [2.24, 2.45) is 5.92 Å². The molecule has 0 aliphatic heterocycles. The Balaban J connectivity index is 1.71. The van der Waals surface area contributed by atoms with Gasteiger partial charge in [0, 0.05) is 28.1 Å². The van der Waals surface area contributed by atoms with Crippen molar-refractivity contribution in [3.8, 4) is 0 Å². The molecule has 1 aromatic heterocycles. The van der Waals surface area contributed by atoms with Crippen molar-refractivity contribution >= 4 is 37.5 Å². The summed E-state index contributed by atoms with van der Waals surface area (Å²) in [5.74, 6) is 1.64. The number of benzene rings is 3. The minimum absolute atomic E-state index is 0.306. The van der Waals surface area contributed by atoms with Gasteiger partial charge >= 0.3 is 0 Å². The zero-order chi connectivity index (χ0) is 21.0. The highest BCUT2D eigenvalue weighted by Crippen LogP contribution is 2.40. The summed E-state index contributed by atoms with van der Waals surface area (Å²) in [6.45, 7) is 6.05. The molecule has 1 aliphatic carbocycles. The van der Waals surface area contributed by atoms with Crippen LogP contribution in [0.15, 0.2) is 57.8 Å². The first-order valence-corrected chi connectivity index (χ1v) is 11.9. The molecule has 0 saturated carbocycles. The summed E-state index contributed by atoms with van der Waals surface area (Å²) in [5.41, 5.74) is 4.46. The molecule has 0 spiro atoms. The van der Waals surface area contributed by atoms with Gasteiger partial charge in [-0.25, -0.2) is 8.42 Å². The molecule has 0 fully saturated rings. The molecule has 154 valence electrons. The predicted molar refractivity (Wildman–Crippen MR) is 122 cm³/mol. The van der Waals surface area contributed by atoms with Crippen molar-refractivity contribution in [1.82, 2.24) is 0 Å². The lowest BCUT2D eigenvalue weighted by Crippen LogP contribution is -2.14. The van der Waals surface area contributed by atoms with E-state index in [0.717, 1.165) is 57.9 Å². The molecule has 0 saturated heterocycles. The van der Waals surface area contributed by atoms with Gasteiger partial charge in [-0.2, -0.15) is 0 Å². The van der Waals surface area contributed by atoms with E-state index in [-0.39, 0.29) is 0 Å². The largest absolute Gasteiger partial charge is 0.460 e. The van der Waals surface area contributed by atoms with Crippen LogP contribution >= 0.6 is 0 Å². The standard InChI is InChI=1S/C25H25NO3S/c1-15-9-11-24(17(3)12-15)30(27,28)26-22-14-21-20-13-16(2)8-10-23(20)29-25(21)19-7-5-4-6-18(19)22/h4-7,9,11-12,14,16,26H,8,10,13H2,1-3H3/t16-/m1/s1. The smallest absolute Gasteiger partial charge is 0.262 e. The molecule has 5 heteroatoms. The monoisotopic (exact) mass is 419 g/mol. The molecule has 1 heterocycles. The minimum Gasteiger partial charge on any atom is -0.460 e. The van der Waals surface area contributed by atoms with Crippen LogP contribution in [0.4, 0.5) is 5.69 Å². The normalized spacial score (nSPS) is 16.7. The fourth-order valence-electron chi connectivity index (χ4n) is 4.66. The molecule has 4 nitrogen and oxygen atoms in total. The number of anilines is 1. The number of fused-ring (bicyclic) bond motifs is 5. The molecular formula is C25H25NO3S. The van der Waals surface area contributed by atoms with Gasteiger partial charge in [0.2, 0.25) is 0 Å². The molecule has 1 atom stereocenters. The number of nitrogens with one attached hydrogen (secondary N) is 1. The lowest BCUT2D eigenvalue weighted by Gasteiger charge is -2.17. The predicted octanol–water partition coefficient (Wildman–Crippen LogP) is 6.13. The van der Waals surface area contributed by atoms with E-state index < -0.39 is 10.0 Å². The lowest BCUT2D eigenvalue weighted by atomic mass is 9.87. The molecule has 1 N–H and O–H groups in total. The van der Waals surface area contributed by atoms with Gasteiger partial charge in [-0.1, -0.05) is 48.9 Å². The van der Waals surface area contributed by atoms with Gasteiger partial charge in [-0.3, -0.25) is 4.72 Å². The van der Waals surface area contributed by atoms with E-state index in [4.69, 9.17) is 4.42 Å². The summed E-state index contributed by atoms with van der Waals surface area (Å²) in [5, 5.41) is 2.81. The summed E-state index contributed by atoms with van der Waals surface area (Å²) in [6.07, 6.45) is 3.02. The molecule has 5 rings (SSSR count). The molecule has 0 amide bonds. The Bertz CT molecular complexity index is 1400. The van der Waals surface area contributed by atoms with Crippen molar-refractivity contribution in [2.45, 2.75) is 44.9 Å². The number of sulfonamides is 1. The third-order valence-corrected chi connectivity index (χ3v) is 7.69. The molecule has 30 heavy (non-hydrogen) atoms. The number of hydrogen-bond donors (Lipinski definition) is 1. The van der Waals surface area contributed by atoms with E-state index in [1.165, 1.54) is 5.56 Å². The Labute approximate surface area is 177 Å². The maximum atomic E-state index is 13.3. The lowest BCUT2D eigenvalue weighted by molar-refractivity contribution is 0.439. The van der Waals surface area contributed by atoms with E-state index in [2.05, 4.69) is 11.6 Å². The number of furan rings is 1. The van der Waals surface area contributed by atoms with Crippen molar-refractivity contribution < 1.29 is 12.8 Å². The second kappa shape index (κ2) is 6.88. The zero-order valence-corrected chi connectivity index (χ0v) is 18.3. The van der Waals surface area contributed by atoms with E-state index >= 15 is 0 Å². The Morgan fingerprint density at radius 2 is 1.77 bits per heavy atom. The van der Waals surface area contributed by atoms with Gasteiger partial charge in [-0.15, -0.1) is 0 Å². The molecule has 3 aromatic carbocycles. The topological polar surface area (TPSA) is 59.3 Å². The van der Waals surface area contributed by atoms with E-state index in [9.17, 15) is 8.42 Å². The Morgan fingerprint density at radius 3 is 2.53 bits per heavy atom. The van der Waals surface area contributed by atoms with Crippen LogP contribution in [-0.4, -0.2) is 8.42 Å². The summed E-state index contributed by atoms with van der Waals surface area (Å²) < 4.78 is 35.7. The Morgan fingerprint density at radius 1 is 1.00 bits per heavy atom. The maximum Gasteiger partial charge on any atom is 0.262 e. The maximum absolute atomic E-state index is 13.3. The van der Waals surface area contributed by atoms with E-state index in [1.54, 1.807) is 6.07 Å². The van der Waals surface area contributed by atoms with Crippen molar-refractivity contribution in [3.05, 3.63) is 71.0 Å². The fourth-order valence-corrected chi connectivity index (χ4v) is 5.95.